The maximum atomic E-state index is 11.3. The number of hydrogen-bond acceptors (Lipinski definition) is 5. The van der Waals surface area contributed by atoms with Crippen LogP contribution >= 0.6 is 11.6 Å². The Hall–Kier alpha value is -1.96. The Kier molecular flexibility index (Phi) is 10.6. The predicted octanol–water partition coefficient (Wildman–Crippen LogP) is 3.66. The first-order valence-electron chi connectivity index (χ1n) is 12.0. The summed E-state index contributed by atoms with van der Waals surface area (Å²) in [6, 6.07) is 16.3. The molecule has 2 aromatic rings. The molecule has 0 bridgehead atoms. The molecule has 0 atom stereocenters. The normalized spacial score (nSPS) is 15.2. The van der Waals surface area contributed by atoms with E-state index in [-0.39, 0.29) is 5.91 Å². The van der Waals surface area contributed by atoms with Gasteiger partial charge in [-0.3, -0.25) is 9.69 Å². The Balaban J connectivity index is 1.53. The lowest BCUT2D eigenvalue weighted by Gasteiger charge is -2.35. The van der Waals surface area contributed by atoms with Crippen LogP contribution in [0, 0.1) is 0 Å². The third-order valence-electron chi connectivity index (χ3n) is 6.07. The molecule has 1 saturated heterocycles. The Labute approximate surface area is 203 Å². The van der Waals surface area contributed by atoms with Crippen LogP contribution in [0.5, 0.6) is 0 Å². The summed E-state index contributed by atoms with van der Waals surface area (Å²) in [5.41, 5.74) is 8.94. The third-order valence-corrected chi connectivity index (χ3v) is 6.30. The minimum absolute atomic E-state index is 0.0504. The minimum Gasteiger partial charge on any atom is -0.330 e. The maximum absolute atomic E-state index is 11.3. The zero-order chi connectivity index (χ0) is 23.5. The number of halogens is 1. The van der Waals surface area contributed by atoms with E-state index in [9.17, 15) is 4.79 Å². The number of nitrogens with one attached hydrogen (secondary N) is 1. The Morgan fingerprint density at radius 1 is 0.970 bits per heavy atom. The average Bonchev–Trinajstić information content (AvgIpc) is 2.79. The van der Waals surface area contributed by atoms with Crippen molar-refractivity contribution in [3.05, 3.63) is 64.7 Å². The average molecular weight is 472 g/mol. The van der Waals surface area contributed by atoms with E-state index in [1.54, 1.807) is 0 Å². The van der Waals surface area contributed by atoms with Gasteiger partial charge in [0.1, 0.15) is 0 Å². The number of benzene rings is 2. The predicted molar refractivity (Wildman–Crippen MR) is 137 cm³/mol. The zero-order valence-electron chi connectivity index (χ0n) is 19.8. The van der Waals surface area contributed by atoms with Gasteiger partial charge in [0.15, 0.2) is 0 Å². The molecule has 1 amide bonds. The molecule has 1 aliphatic rings. The van der Waals surface area contributed by atoms with Gasteiger partial charge in [-0.2, -0.15) is 0 Å². The molecule has 0 saturated carbocycles. The fraction of sp³-hybridized carbons (Fsp3) is 0.500. The first-order valence-corrected chi connectivity index (χ1v) is 12.4. The van der Waals surface area contributed by atoms with Crippen molar-refractivity contribution in [1.29, 1.82) is 0 Å². The van der Waals surface area contributed by atoms with Crippen LogP contribution in [-0.4, -0.2) is 73.0 Å². The smallest absolute Gasteiger partial charge is 0.221 e. The van der Waals surface area contributed by atoms with Gasteiger partial charge < -0.3 is 20.9 Å². The van der Waals surface area contributed by atoms with Crippen molar-refractivity contribution in [3.63, 3.8) is 0 Å². The van der Waals surface area contributed by atoms with Gasteiger partial charge in [0.2, 0.25) is 5.91 Å². The van der Waals surface area contributed by atoms with E-state index >= 15 is 0 Å². The highest BCUT2D eigenvalue weighted by Gasteiger charge is 2.16. The van der Waals surface area contributed by atoms with Crippen molar-refractivity contribution in [2.75, 3.05) is 57.7 Å². The van der Waals surface area contributed by atoms with Crippen molar-refractivity contribution in [2.24, 2.45) is 5.73 Å². The summed E-state index contributed by atoms with van der Waals surface area (Å²) < 4.78 is 0. The first-order chi connectivity index (χ1) is 16.0. The van der Waals surface area contributed by atoms with Crippen molar-refractivity contribution >= 4 is 23.2 Å². The molecule has 1 aliphatic heterocycles. The van der Waals surface area contributed by atoms with Crippen LogP contribution in [0.25, 0.3) is 0 Å². The fourth-order valence-electron chi connectivity index (χ4n) is 4.33. The number of rotatable bonds is 12. The van der Waals surface area contributed by atoms with Crippen LogP contribution < -0.4 is 11.1 Å². The second-order valence-electron chi connectivity index (χ2n) is 8.90. The monoisotopic (exact) mass is 471 g/mol. The summed E-state index contributed by atoms with van der Waals surface area (Å²) >= 11 is 6.23. The highest BCUT2D eigenvalue weighted by atomic mass is 35.5. The number of nitrogens with zero attached hydrogens (tertiary/aromatic N) is 3. The van der Waals surface area contributed by atoms with Crippen LogP contribution in [-0.2, 0) is 17.9 Å². The van der Waals surface area contributed by atoms with Gasteiger partial charge >= 0.3 is 0 Å². The number of nitrogens with two attached hydrogens (primary N) is 1. The second kappa shape index (κ2) is 13.7. The van der Waals surface area contributed by atoms with E-state index in [2.05, 4.69) is 44.3 Å². The molecule has 3 rings (SSSR count). The molecular formula is C26H38ClN5O. The van der Waals surface area contributed by atoms with E-state index in [1.165, 1.54) is 18.1 Å². The SMILES string of the molecule is CC(=O)Nc1ccc(CN(CCCN2CCN(CCCN)CC2)Cc2cccc(Cl)c2)cc1. The van der Waals surface area contributed by atoms with Gasteiger partial charge in [-0.25, -0.2) is 0 Å². The number of carbonyl (C=O) groups is 1. The van der Waals surface area contributed by atoms with E-state index < -0.39 is 0 Å². The lowest BCUT2D eigenvalue weighted by Crippen LogP contribution is -2.47. The highest BCUT2D eigenvalue weighted by Crippen LogP contribution is 2.17. The lowest BCUT2D eigenvalue weighted by molar-refractivity contribution is -0.114. The number of hydrogen-bond donors (Lipinski definition) is 2. The van der Waals surface area contributed by atoms with E-state index in [0.717, 1.165) is 89.0 Å². The van der Waals surface area contributed by atoms with Crippen LogP contribution in [0.4, 0.5) is 5.69 Å². The largest absolute Gasteiger partial charge is 0.330 e. The fourth-order valence-corrected chi connectivity index (χ4v) is 4.54. The minimum atomic E-state index is -0.0504. The molecule has 0 spiro atoms. The molecule has 6 nitrogen and oxygen atoms in total. The summed E-state index contributed by atoms with van der Waals surface area (Å²) in [5.74, 6) is -0.0504. The Bertz CT molecular complexity index is 852. The molecule has 1 fully saturated rings. The number of amides is 1. The number of piperazine rings is 1. The van der Waals surface area contributed by atoms with Gasteiger partial charge in [-0.05, 0) is 67.9 Å². The summed E-state index contributed by atoms with van der Waals surface area (Å²) in [6.07, 6.45) is 2.22. The molecule has 33 heavy (non-hydrogen) atoms. The molecule has 1 heterocycles. The van der Waals surface area contributed by atoms with Crippen molar-refractivity contribution in [1.82, 2.24) is 14.7 Å². The van der Waals surface area contributed by atoms with Gasteiger partial charge in [0.25, 0.3) is 0 Å². The summed E-state index contributed by atoms with van der Waals surface area (Å²) in [5, 5.41) is 3.61. The van der Waals surface area contributed by atoms with Crippen LogP contribution in [0.2, 0.25) is 5.02 Å². The van der Waals surface area contributed by atoms with Gasteiger partial charge in [0, 0.05) is 63.4 Å². The summed E-state index contributed by atoms with van der Waals surface area (Å²) in [7, 11) is 0. The van der Waals surface area contributed by atoms with Crippen LogP contribution in [0.3, 0.4) is 0 Å². The van der Waals surface area contributed by atoms with Gasteiger partial charge in [-0.1, -0.05) is 35.9 Å². The highest BCUT2D eigenvalue weighted by molar-refractivity contribution is 6.30. The van der Waals surface area contributed by atoms with Crippen molar-refractivity contribution < 1.29 is 4.79 Å². The van der Waals surface area contributed by atoms with Gasteiger partial charge in [0.05, 0.1) is 0 Å². The van der Waals surface area contributed by atoms with Crippen LogP contribution in [0.1, 0.15) is 30.9 Å². The lowest BCUT2D eigenvalue weighted by atomic mass is 10.1. The molecule has 2 aromatic carbocycles. The van der Waals surface area contributed by atoms with E-state index in [4.69, 9.17) is 17.3 Å². The molecule has 0 aliphatic carbocycles. The molecule has 180 valence electrons. The standard InChI is InChI=1S/C26H38ClN5O/c1-22(33)29-26-9-7-23(8-10-26)20-32(21-24-5-2-6-25(27)19-24)14-4-13-31-17-15-30(16-18-31)12-3-11-28/h2,5-10,19H,3-4,11-18,20-21,28H2,1H3,(H,29,33). The number of carbonyl (C=O) groups excluding carboxylic acids is 1. The summed E-state index contributed by atoms with van der Waals surface area (Å²) in [6.45, 7) is 11.9. The molecule has 0 aromatic heterocycles. The number of anilines is 1. The molecule has 3 N–H and O–H groups in total. The summed E-state index contributed by atoms with van der Waals surface area (Å²) in [4.78, 5) is 18.9. The second-order valence-corrected chi connectivity index (χ2v) is 9.33. The Morgan fingerprint density at radius 2 is 1.61 bits per heavy atom. The van der Waals surface area contributed by atoms with Crippen LogP contribution in [0.15, 0.2) is 48.5 Å². The van der Waals surface area contributed by atoms with E-state index in [1.807, 2.05) is 24.3 Å². The molecule has 7 heteroatoms. The topological polar surface area (TPSA) is 64.8 Å². The third kappa shape index (κ3) is 9.43. The molecule has 0 radical (unpaired) electrons. The zero-order valence-corrected chi connectivity index (χ0v) is 20.6. The maximum Gasteiger partial charge on any atom is 0.221 e. The van der Waals surface area contributed by atoms with Crippen molar-refractivity contribution in [2.45, 2.75) is 32.9 Å². The van der Waals surface area contributed by atoms with E-state index in [0.29, 0.717) is 0 Å². The molecular weight excluding hydrogens is 434 g/mol. The Morgan fingerprint density at radius 3 is 2.21 bits per heavy atom. The van der Waals surface area contributed by atoms with Crippen molar-refractivity contribution in [3.8, 4) is 0 Å². The first kappa shape index (κ1) is 25.7. The van der Waals surface area contributed by atoms with Gasteiger partial charge in [-0.15, -0.1) is 0 Å². The molecule has 0 unspecified atom stereocenters. The quantitative estimate of drug-likeness (QED) is 0.494.